The SMILES string of the molecule is CC(C)(C)N(CC(=O)O)C(=O)C1C2CCCCC21. The van der Waals surface area contributed by atoms with Gasteiger partial charge in [0.05, 0.1) is 0 Å². The molecule has 2 saturated carbocycles. The molecule has 1 amide bonds. The number of hydrogen-bond donors (Lipinski definition) is 1. The zero-order valence-corrected chi connectivity index (χ0v) is 11.5. The summed E-state index contributed by atoms with van der Waals surface area (Å²) in [6.07, 6.45) is 4.73. The number of amides is 1. The third-order valence-electron chi connectivity index (χ3n) is 4.31. The van der Waals surface area contributed by atoms with Crippen LogP contribution in [-0.2, 0) is 9.59 Å². The summed E-state index contributed by atoms with van der Waals surface area (Å²) in [7, 11) is 0. The van der Waals surface area contributed by atoms with Crippen LogP contribution >= 0.6 is 0 Å². The van der Waals surface area contributed by atoms with Gasteiger partial charge in [0, 0.05) is 11.5 Å². The van der Waals surface area contributed by atoms with Gasteiger partial charge in [0.1, 0.15) is 6.54 Å². The lowest BCUT2D eigenvalue weighted by Gasteiger charge is -2.34. The minimum atomic E-state index is -0.929. The van der Waals surface area contributed by atoms with E-state index in [0.29, 0.717) is 11.8 Å². The van der Waals surface area contributed by atoms with Gasteiger partial charge in [0.2, 0.25) is 5.91 Å². The van der Waals surface area contributed by atoms with Crippen LogP contribution in [0.15, 0.2) is 0 Å². The van der Waals surface area contributed by atoms with Crippen molar-refractivity contribution >= 4 is 11.9 Å². The topological polar surface area (TPSA) is 57.6 Å². The maximum atomic E-state index is 12.5. The molecular weight excluding hydrogens is 230 g/mol. The molecule has 0 radical (unpaired) electrons. The van der Waals surface area contributed by atoms with E-state index in [4.69, 9.17) is 5.11 Å². The lowest BCUT2D eigenvalue weighted by molar-refractivity contribution is -0.149. The molecule has 2 aliphatic rings. The van der Waals surface area contributed by atoms with Crippen LogP contribution in [0.5, 0.6) is 0 Å². The molecule has 0 saturated heterocycles. The van der Waals surface area contributed by atoms with Crippen molar-refractivity contribution in [3.8, 4) is 0 Å². The van der Waals surface area contributed by atoms with Crippen LogP contribution < -0.4 is 0 Å². The molecule has 0 spiro atoms. The summed E-state index contributed by atoms with van der Waals surface area (Å²) in [6.45, 7) is 5.53. The predicted molar refractivity (Wildman–Crippen MR) is 68.0 cm³/mol. The summed E-state index contributed by atoms with van der Waals surface area (Å²) in [5.41, 5.74) is -0.415. The third kappa shape index (κ3) is 2.52. The Bertz CT molecular complexity index is 347. The van der Waals surface area contributed by atoms with Crippen LogP contribution in [0.4, 0.5) is 0 Å². The van der Waals surface area contributed by atoms with Gasteiger partial charge in [-0.15, -0.1) is 0 Å². The van der Waals surface area contributed by atoms with E-state index < -0.39 is 11.5 Å². The molecule has 0 heterocycles. The van der Waals surface area contributed by atoms with Crippen molar-refractivity contribution in [2.24, 2.45) is 17.8 Å². The number of nitrogens with zero attached hydrogens (tertiary/aromatic N) is 1. The van der Waals surface area contributed by atoms with Crippen molar-refractivity contribution in [2.45, 2.75) is 52.0 Å². The molecule has 0 bridgehead atoms. The summed E-state index contributed by atoms with van der Waals surface area (Å²) in [5, 5.41) is 8.96. The monoisotopic (exact) mass is 253 g/mol. The average Bonchev–Trinajstić information content (AvgIpc) is 2.97. The first-order valence-electron chi connectivity index (χ1n) is 6.85. The van der Waals surface area contributed by atoms with Gasteiger partial charge in [-0.2, -0.15) is 0 Å². The van der Waals surface area contributed by atoms with Crippen LogP contribution in [0.25, 0.3) is 0 Å². The molecule has 18 heavy (non-hydrogen) atoms. The zero-order valence-electron chi connectivity index (χ0n) is 11.5. The Morgan fingerprint density at radius 1 is 1.17 bits per heavy atom. The second-order valence-electron chi connectivity index (χ2n) is 6.63. The second-order valence-corrected chi connectivity index (χ2v) is 6.63. The number of fused-ring (bicyclic) bond motifs is 1. The van der Waals surface area contributed by atoms with Crippen LogP contribution in [0.3, 0.4) is 0 Å². The van der Waals surface area contributed by atoms with Crippen molar-refractivity contribution in [2.75, 3.05) is 6.54 Å². The molecule has 2 aliphatic carbocycles. The van der Waals surface area contributed by atoms with Gasteiger partial charge in [-0.3, -0.25) is 9.59 Å². The molecule has 2 fully saturated rings. The number of carbonyl (C=O) groups is 2. The van der Waals surface area contributed by atoms with Crippen molar-refractivity contribution < 1.29 is 14.7 Å². The second kappa shape index (κ2) is 4.56. The highest BCUT2D eigenvalue weighted by molar-refractivity contribution is 5.86. The number of rotatable bonds is 3. The van der Waals surface area contributed by atoms with E-state index in [0.717, 1.165) is 12.8 Å². The minimum absolute atomic E-state index is 0.0572. The molecule has 2 atom stereocenters. The summed E-state index contributed by atoms with van der Waals surface area (Å²) < 4.78 is 0. The lowest BCUT2D eigenvalue weighted by atomic mass is 10.0. The number of carbonyl (C=O) groups excluding carboxylic acids is 1. The van der Waals surface area contributed by atoms with E-state index in [9.17, 15) is 9.59 Å². The summed E-state index contributed by atoms with van der Waals surface area (Å²) in [4.78, 5) is 25.0. The molecular formula is C14H23NO3. The molecule has 0 aromatic carbocycles. The molecule has 0 aromatic heterocycles. The molecule has 1 N–H and O–H groups in total. The van der Waals surface area contributed by atoms with Crippen LogP contribution in [-0.4, -0.2) is 34.0 Å². The molecule has 0 aromatic rings. The van der Waals surface area contributed by atoms with Gasteiger partial charge in [-0.1, -0.05) is 12.8 Å². The number of carboxylic acid groups (broad SMARTS) is 1. The van der Waals surface area contributed by atoms with Gasteiger partial charge in [0.25, 0.3) is 0 Å². The number of hydrogen-bond acceptors (Lipinski definition) is 2. The Morgan fingerprint density at radius 2 is 1.67 bits per heavy atom. The quantitative estimate of drug-likeness (QED) is 0.838. The van der Waals surface area contributed by atoms with E-state index in [2.05, 4.69) is 0 Å². The van der Waals surface area contributed by atoms with E-state index >= 15 is 0 Å². The van der Waals surface area contributed by atoms with Crippen molar-refractivity contribution in [1.29, 1.82) is 0 Å². The van der Waals surface area contributed by atoms with E-state index in [1.54, 1.807) is 0 Å². The number of carboxylic acids is 1. The maximum absolute atomic E-state index is 12.5. The third-order valence-corrected chi connectivity index (χ3v) is 4.31. The minimum Gasteiger partial charge on any atom is -0.480 e. The standard InChI is InChI=1S/C14H23NO3/c1-14(2,3)15(8-11(16)17)13(18)12-9-6-4-5-7-10(9)12/h9-10,12H,4-8H2,1-3H3,(H,16,17). The lowest BCUT2D eigenvalue weighted by Crippen LogP contribution is -2.49. The first-order chi connectivity index (χ1) is 8.32. The van der Waals surface area contributed by atoms with E-state index in [1.165, 1.54) is 17.7 Å². The van der Waals surface area contributed by atoms with Crippen LogP contribution in [0.2, 0.25) is 0 Å². The Balaban J connectivity index is 2.07. The molecule has 0 aliphatic heterocycles. The molecule has 102 valence electrons. The Morgan fingerprint density at radius 3 is 2.06 bits per heavy atom. The number of aliphatic carboxylic acids is 1. The van der Waals surface area contributed by atoms with Crippen LogP contribution in [0.1, 0.15) is 46.5 Å². The van der Waals surface area contributed by atoms with Gasteiger partial charge in [-0.05, 0) is 45.4 Å². The van der Waals surface area contributed by atoms with E-state index in [-0.39, 0.29) is 18.4 Å². The normalized spacial score (nSPS) is 30.5. The fourth-order valence-electron chi connectivity index (χ4n) is 3.32. The van der Waals surface area contributed by atoms with Gasteiger partial charge >= 0.3 is 5.97 Å². The molecule has 4 nitrogen and oxygen atoms in total. The summed E-state index contributed by atoms with van der Waals surface area (Å²) in [5.74, 6) is 0.296. The van der Waals surface area contributed by atoms with Gasteiger partial charge in [-0.25, -0.2) is 0 Å². The molecule has 2 unspecified atom stereocenters. The van der Waals surface area contributed by atoms with Crippen molar-refractivity contribution in [3.05, 3.63) is 0 Å². The molecule has 2 rings (SSSR count). The van der Waals surface area contributed by atoms with Crippen molar-refractivity contribution in [1.82, 2.24) is 4.90 Å². The molecule has 4 heteroatoms. The van der Waals surface area contributed by atoms with E-state index in [1.807, 2.05) is 20.8 Å². The highest BCUT2D eigenvalue weighted by Crippen LogP contribution is 2.56. The van der Waals surface area contributed by atoms with Crippen LogP contribution in [0, 0.1) is 17.8 Å². The fourth-order valence-corrected chi connectivity index (χ4v) is 3.32. The maximum Gasteiger partial charge on any atom is 0.323 e. The summed E-state index contributed by atoms with van der Waals surface area (Å²) in [6, 6.07) is 0. The largest absolute Gasteiger partial charge is 0.480 e. The van der Waals surface area contributed by atoms with Gasteiger partial charge in [0.15, 0.2) is 0 Å². The summed E-state index contributed by atoms with van der Waals surface area (Å²) >= 11 is 0. The Labute approximate surface area is 108 Å². The fraction of sp³-hybridized carbons (Fsp3) is 0.857. The first kappa shape index (κ1) is 13.4. The van der Waals surface area contributed by atoms with Crippen molar-refractivity contribution in [3.63, 3.8) is 0 Å². The Kier molecular flexibility index (Phi) is 3.39. The first-order valence-corrected chi connectivity index (χ1v) is 6.85. The highest BCUT2D eigenvalue weighted by atomic mass is 16.4. The predicted octanol–water partition coefficient (Wildman–Crippen LogP) is 2.13. The highest BCUT2D eigenvalue weighted by Gasteiger charge is 2.56. The average molecular weight is 253 g/mol. The van der Waals surface area contributed by atoms with Gasteiger partial charge < -0.3 is 10.0 Å². The zero-order chi connectivity index (χ0) is 13.5. The smallest absolute Gasteiger partial charge is 0.323 e. The Hall–Kier alpha value is -1.06.